The van der Waals surface area contributed by atoms with Gasteiger partial charge in [0.05, 0.1) is 19.9 Å². The number of aromatic nitrogens is 4. The van der Waals surface area contributed by atoms with Gasteiger partial charge in [-0.15, -0.1) is 5.10 Å². The summed E-state index contributed by atoms with van der Waals surface area (Å²) in [7, 11) is 3.25. The minimum atomic E-state index is 0.624. The molecule has 1 heterocycles. The monoisotopic (exact) mass is 403 g/mol. The fourth-order valence-electron chi connectivity index (χ4n) is 2.45. The van der Waals surface area contributed by atoms with E-state index >= 15 is 0 Å². The molecule has 0 saturated heterocycles. The number of nitrogens with zero attached hydrogens (tertiary/aromatic N) is 4. The SMILES string of the molecule is COc1cc(Br)c(CNc2cccc(-n3nnnc3C)c2)cc1OC. The number of anilines is 1. The van der Waals surface area contributed by atoms with Crippen LogP contribution in [0, 0.1) is 6.92 Å². The average Bonchev–Trinajstić information content (AvgIpc) is 3.06. The van der Waals surface area contributed by atoms with Gasteiger partial charge in [-0.3, -0.25) is 0 Å². The van der Waals surface area contributed by atoms with E-state index < -0.39 is 0 Å². The van der Waals surface area contributed by atoms with Crippen molar-refractivity contribution in [1.29, 1.82) is 0 Å². The Hall–Kier alpha value is -2.61. The number of aryl methyl sites for hydroxylation is 1. The Morgan fingerprint density at radius 2 is 1.88 bits per heavy atom. The Bertz CT molecular complexity index is 881. The molecule has 0 spiro atoms. The van der Waals surface area contributed by atoms with Crippen molar-refractivity contribution in [2.24, 2.45) is 0 Å². The molecule has 1 N–H and O–H groups in total. The topological polar surface area (TPSA) is 74.1 Å². The van der Waals surface area contributed by atoms with Crippen LogP contribution in [-0.4, -0.2) is 34.4 Å². The number of tetrazole rings is 1. The average molecular weight is 404 g/mol. The number of rotatable bonds is 6. The van der Waals surface area contributed by atoms with Crippen LogP contribution >= 0.6 is 15.9 Å². The summed E-state index contributed by atoms with van der Waals surface area (Å²) in [5, 5.41) is 15.0. The molecule has 0 amide bonds. The lowest BCUT2D eigenvalue weighted by Crippen LogP contribution is -2.04. The zero-order valence-corrected chi connectivity index (χ0v) is 15.7. The molecule has 0 fully saturated rings. The highest BCUT2D eigenvalue weighted by molar-refractivity contribution is 9.10. The van der Waals surface area contributed by atoms with Crippen LogP contribution in [0.3, 0.4) is 0 Å². The molecule has 0 bridgehead atoms. The third-order valence-corrected chi connectivity index (χ3v) is 4.49. The first-order chi connectivity index (χ1) is 12.1. The summed E-state index contributed by atoms with van der Waals surface area (Å²) in [6.07, 6.45) is 0. The molecule has 0 atom stereocenters. The molecule has 1 aromatic heterocycles. The summed E-state index contributed by atoms with van der Waals surface area (Å²) in [6, 6.07) is 11.8. The van der Waals surface area contributed by atoms with E-state index in [-0.39, 0.29) is 0 Å². The smallest absolute Gasteiger partial charge is 0.161 e. The van der Waals surface area contributed by atoms with Crippen molar-refractivity contribution in [3.63, 3.8) is 0 Å². The molecule has 3 aromatic rings. The molecule has 8 heteroatoms. The molecule has 25 heavy (non-hydrogen) atoms. The van der Waals surface area contributed by atoms with Gasteiger partial charge >= 0.3 is 0 Å². The summed E-state index contributed by atoms with van der Waals surface area (Å²) in [6.45, 7) is 2.49. The van der Waals surface area contributed by atoms with Gasteiger partial charge in [0, 0.05) is 16.7 Å². The van der Waals surface area contributed by atoms with Crippen LogP contribution in [0.2, 0.25) is 0 Å². The van der Waals surface area contributed by atoms with Crippen molar-refractivity contribution in [3.05, 3.63) is 52.3 Å². The first-order valence-electron chi connectivity index (χ1n) is 7.62. The Kier molecular flexibility index (Phi) is 5.18. The number of benzene rings is 2. The molecule has 0 aliphatic rings. The zero-order chi connectivity index (χ0) is 17.8. The van der Waals surface area contributed by atoms with Gasteiger partial charge in [0.15, 0.2) is 17.3 Å². The third-order valence-electron chi connectivity index (χ3n) is 3.75. The maximum Gasteiger partial charge on any atom is 0.161 e. The Morgan fingerprint density at radius 3 is 2.56 bits per heavy atom. The minimum Gasteiger partial charge on any atom is -0.493 e. The molecule has 3 rings (SSSR count). The van der Waals surface area contributed by atoms with Crippen molar-refractivity contribution in [3.8, 4) is 17.2 Å². The molecular weight excluding hydrogens is 386 g/mol. The maximum atomic E-state index is 5.37. The van der Waals surface area contributed by atoms with Gasteiger partial charge in [-0.2, -0.15) is 4.68 Å². The van der Waals surface area contributed by atoms with Gasteiger partial charge in [-0.1, -0.05) is 22.0 Å². The van der Waals surface area contributed by atoms with Gasteiger partial charge in [0.2, 0.25) is 0 Å². The van der Waals surface area contributed by atoms with Crippen LogP contribution < -0.4 is 14.8 Å². The second-order valence-electron chi connectivity index (χ2n) is 5.34. The number of hydrogen-bond acceptors (Lipinski definition) is 6. The lowest BCUT2D eigenvalue weighted by atomic mass is 10.2. The first-order valence-corrected chi connectivity index (χ1v) is 8.41. The Labute approximate surface area is 154 Å². The van der Waals surface area contributed by atoms with Crippen LogP contribution in [0.15, 0.2) is 40.9 Å². The molecule has 0 aliphatic heterocycles. The number of methoxy groups -OCH3 is 2. The standard InChI is InChI=1S/C17H18BrN5O2/c1-11-20-21-22-23(11)14-6-4-5-13(8-14)19-10-12-7-16(24-2)17(25-3)9-15(12)18/h4-9,19H,10H2,1-3H3. The fourth-order valence-corrected chi connectivity index (χ4v) is 2.91. The van der Waals surface area contributed by atoms with E-state index in [9.17, 15) is 0 Å². The second kappa shape index (κ2) is 7.52. The number of hydrogen-bond donors (Lipinski definition) is 1. The summed E-state index contributed by atoms with van der Waals surface area (Å²) in [4.78, 5) is 0. The van der Waals surface area contributed by atoms with Crippen molar-refractivity contribution in [1.82, 2.24) is 20.2 Å². The number of halogens is 1. The van der Waals surface area contributed by atoms with E-state index in [1.54, 1.807) is 18.9 Å². The molecule has 0 aliphatic carbocycles. The minimum absolute atomic E-state index is 0.624. The third kappa shape index (κ3) is 3.74. The van der Waals surface area contributed by atoms with E-state index in [1.165, 1.54) is 0 Å². The van der Waals surface area contributed by atoms with E-state index in [4.69, 9.17) is 9.47 Å². The quantitative estimate of drug-likeness (QED) is 0.679. The van der Waals surface area contributed by atoms with Crippen LogP contribution in [0.5, 0.6) is 11.5 Å². The summed E-state index contributed by atoms with van der Waals surface area (Å²) < 4.78 is 13.3. The van der Waals surface area contributed by atoms with Crippen molar-refractivity contribution < 1.29 is 9.47 Å². The van der Waals surface area contributed by atoms with E-state index in [1.807, 2.05) is 43.3 Å². The van der Waals surface area contributed by atoms with E-state index in [0.717, 1.165) is 27.2 Å². The predicted octanol–water partition coefficient (Wildman–Crippen LogP) is 3.36. The van der Waals surface area contributed by atoms with Crippen molar-refractivity contribution in [2.45, 2.75) is 13.5 Å². The second-order valence-corrected chi connectivity index (χ2v) is 6.19. The van der Waals surface area contributed by atoms with Crippen molar-refractivity contribution >= 4 is 21.6 Å². The number of nitrogens with one attached hydrogen (secondary N) is 1. The largest absolute Gasteiger partial charge is 0.493 e. The molecular formula is C17H18BrN5O2. The van der Waals surface area contributed by atoms with Crippen LogP contribution in [-0.2, 0) is 6.54 Å². The highest BCUT2D eigenvalue weighted by atomic mass is 79.9. The Balaban J connectivity index is 1.79. The summed E-state index contributed by atoms with van der Waals surface area (Å²) in [5.74, 6) is 2.12. The van der Waals surface area contributed by atoms with Crippen LogP contribution in [0.4, 0.5) is 5.69 Å². The molecule has 130 valence electrons. The fraction of sp³-hybridized carbons (Fsp3) is 0.235. The van der Waals surface area contributed by atoms with E-state index in [0.29, 0.717) is 18.0 Å². The number of ether oxygens (including phenoxy) is 2. The lowest BCUT2D eigenvalue weighted by molar-refractivity contribution is 0.354. The van der Waals surface area contributed by atoms with Crippen LogP contribution in [0.25, 0.3) is 5.69 Å². The normalized spacial score (nSPS) is 10.6. The molecule has 7 nitrogen and oxygen atoms in total. The molecule has 0 unspecified atom stereocenters. The van der Waals surface area contributed by atoms with Gasteiger partial charge in [0.1, 0.15) is 0 Å². The maximum absolute atomic E-state index is 5.37. The van der Waals surface area contributed by atoms with Crippen molar-refractivity contribution in [2.75, 3.05) is 19.5 Å². The summed E-state index contributed by atoms with van der Waals surface area (Å²) in [5.41, 5.74) is 2.93. The molecule has 0 radical (unpaired) electrons. The van der Waals surface area contributed by atoms with Gasteiger partial charge in [-0.25, -0.2) is 0 Å². The zero-order valence-electron chi connectivity index (χ0n) is 14.2. The van der Waals surface area contributed by atoms with Crippen LogP contribution in [0.1, 0.15) is 11.4 Å². The highest BCUT2D eigenvalue weighted by Gasteiger charge is 2.10. The highest BCUT2D eigenvalue weighted by Crippen LogP contribution is 2.33. The molecule has 0 saturated carbocycles. The predicted molar refractivity (Wildman–Crippen MR) is 98.5 cm³/mol. The van der Waals surface area contributed by atoms with Gasteiger partial charge in [-0.05, 0) is 53.2 Å². The van der Waals surface area contributed by atoms with Gasteiger partial charge in [0.25, 0.3) is 0 Å². The van der Waals surface area contributed by atoms with E-state index in [2.05, 4.69) is 36.8 Å². The lowest BCUT2D eigenvalue weighted by Gasteiger charge is -2.13. The summed E-state index contributed by atoms with van der Waals surface area (Å²) >= 11 is 3.57. The first kappa shape index (κ1) is 17.2. The Morgan fingerprint density at radius 1 is 1.12 bits per heavy atom. The molecule has 2 aromatic carbocycles. The van der Waals surface area contributed by atoms with Gasteiger partial charge < -0.3 is 14.8 Å².